The number of nitrogen functional groups attached to an aromatic ring is 2. The van der Waals surface area contributed by atoms with Crippen LogP contribution in [0.4, 0.5) is 16.0 Å². The third-order valence-electron chi connectivity index (χ3n) is 7.49. The lowest BCUT2D eigenvalue weighted by Crippen LogP contribution is -2.32. The quantitative estimate of drug-likeness (QED) is 0.206. The Morgan fingerprint density at radius 3 is 2.19 bits per heavy atom. The Morgan fingerprint density at radius 1 is 0.930 bits per heavy atom. The van der Waals surface area contributed by atoms with Gasteiger partial charge in [-0.05, 0) is 0 Å². The van der Waals surface area contributed by atoms with Crippen LogP contribution in [0.3, 0.4) is 0 Å². The van der Waals surface area contributed by atoms with Gasteiger partial charge in [0.2, 0.25) is 0 Å². The van der Waals surface area contributed by atoms with Crippen molar-refractivity contribution in [2.24, 2.45) is 5.92 Å². The molecular formula is C21H25FN10O8P2S. The molecule has 0 spiro atoms. The minimum atomic E-state index is -4.27. The Balaban J connectivity index is 1.18. The molecule has 10 atom stereocenters. The fourth-order valence-electron chi connectivity index (χ4n) is 5.44. The third kappa shape index (κ3) is 5.09. The molecule has 0 aliphatic carbocycles. The highest BCUT2D eigenvalue weighted by molar-refractivity contribution is 8.44. The van der Waals surface area contributed by atoms with Gasteiger partial charge >= 0.3 is 15.1 Å². The van der Waals surface area contributed by atoms with Gasteiger partial charge in [0.1, 0.15) is 54.3 Å². The molecule has 22 heteroatoms. The lowest BCUT2D eigenvalue weighted by molar-refractivity contribution is -0.0557. The molecule has 0 radical (unpaired) electrons. The van der Waals surface area contributed by atoms with E-state index in [2.05, 4.69) is 42.2 Å². The van der Waals surface area contributed by atoms with E-state index in [0.717, 1.165) is 0 Å². The van der Waals surface area contributed by atoms with E-state index in [9.17, 15) is 9.13 Å². The van der Waals surface area contributed by atoms with Crippen molar-refractivity contribution in [2.75, 3.05) is 24.7 Å². The lowest BCUT2D eigenvalue weighted by Gasteiger charge is -2.25. The van der Waals surface area contributed by atoms with Crippen molar-refractivity contribution in [1.29, 1.82) is 0 Å². The Hall–Kier alpha value is -2.80. The first-order valence-corrected chi connectivity index (χ1v) is 16.8. The van der Waals surface area contributed by atoms with Crippen LogP contribution in [0.5, 0.6) is 0 Å². The molecule has 2 bridgehead atoms. The normalized spacial score (nSPS) is 37.1. The summed E-state index contributed by atoms with van der Waals surface area (Å²) in [5.74, 6) is -0.195. The average Bonchev–Trinajstić information content (AvgIpc) is 3.73. The standard InChI is InChI=1S/C21H25FN10O8P2S/c1-8-14-10(38-20(8)31-6-29-12-16(23)25-4-27-18(12)31)3-36-42(34,43)40-15-11(22)9(2-35-41(33)39-14)37-21(15)32-7-30-13-17(24)26-5-28-19(13)32/h4-11,14-15,20-21,41H,2-3H2,1H3,(H,34,43)(H2,23,25,27)(H2,24,26,28)/t8-,9-,10-,11-,14+,15-,20-,21-,42-/m1/s1. The minimum absolute atomic E-state index is 0.0928. The smallest absolute Gasteiger partial charge is 0.382 e. The van der Waals surface area contributed by atoms with Crippen LogP contribution in [0, 0.1) is 5.92 Å². The largest absolute Gasteiger partial charge is 0.386 e. The van der Waals surface area contributed by atoms with Crippen LogP contribution in [-0.4, -0.2) is 82.8 Å². The number of hydrogen-bond acceptors (Lipinski definition) is 16. The molecular weight excluding hydrogens is 633 g/mol. The molecule has 4 aromatic heterocycles. The predicted octanol–water partition coefficient (Wildman–Crippen LogP) is 1.84. The number of fused-ring (bicyclic) bond motifs is 5. The summed E-state index contributed by atoms with van der Waals surface area (Å²) in [6.45, 7) is -3.35. The minimum Gasteiger partial charge on any atom is -0.382 e. The number of ether oxygens (including phenoxy) is 2. The first-order chi connectivity index (χ1) is 20.6. The van der Waals surface area contributed by atoms with Crippen molar-refractivity contribution >= 4 is 61.3 Å². The number of nitrogens with two attached hydrogens (primary N) is 2. The highest BCUT2D eigenvalue weighted by atomic mass is 32.7. The van der Waals surface area contributed by atoms with Crippen molar-refractivity contribution in [2.45, 2.75) is 50.0 Å². The van der Waals surface area contributed by atoms with Crippen molar-refractivity contribution in [1.82, 2.24) is 39.0 Å². The number of alkyl halides is 1. The monoisotopic (exact) mass is 658 g/mol. The Morgan fingerprint density at radius 2 is 1.53 bits per heavy atom. The van der Waals surface area contributed by atoms with Crippen molar-refractivity contribution in [3.05, 3.63) is 25.3 Å². The zero-order valence-corrected chi connectivity index (χ0v) is 24.9. The zero-order valence-electron chi connectivity index (χ0n) is 22.1. The summed E-state index contributed by atoms with van der Waals surface area (Å²) in [5, 5.41) is 0. The maximum Gasteiger partial charge on any atom is 0.386 e. The van der Waals surface area contributed by atoms with E-state index >= 15 is 4.39 Å². The van der Waals surface area contributed by atoms with Crippen molar-refractivity contribution < 1.29 is 41.1 Å². The average molecular weight is 659 g/mol. The molecule has 18 nitrogen and oxygen atoms in total. The summed E-state index contributed by atoms with van der Waals surface area (Å²) in [6.07, 6.45) is -3.24. The summed E-state index contributed by atoms with van der Waals surface area (Å²) in [5.41, 5.74) is 13.0. The van der Waals surface area contributed by atoms with Crippen LogP contribution < -0.4 is 11.5 Å². The maximum absolute atomic E-state index is 15.8. The fourth-order valence-corrected chi connectivity index (χ4v) is 7.85. The van der Waals surface area contributed by atoms with E-state index in [0.29, 0.717) is 11.2 Å². The van der Waals surface area contributed by atoms with Crippen LogP contribution in [0.1, 0.15) is 19.4 Å². The zero-order chi connectivity index (χ0) is 30.0. The molecule has 1 unspecified atom stereocenters. The van der Waals surface area contributed by atoms with Gasteiger partial charge in [0.05, 0.1) is 25.9 Å². The second kappa shape index (κ2) is 11.0. The van der Waals surface area contributed by atoms with Crippen LogP contribution in [0.25, 0.3) is 22.3 Å². The number of rotatable bonds is 2. The molecule has 0 saturated carbocycles. The molecule has 3 aliphatic rings. The van der Waals surface area contributed by atoms with Gasteiger partial charge < -0.3 is 30.0 Å². The van der Waals surface area contributed by atoms with Gasteiger partial charge in [-0.3, -0.25) is 22.7 Å². The van der Waals surface area contributed by atoms with Gasteiger partial charge in [0.25, 0.3) is 0 Å². The summed E-state index contributed by atoms with van der Waals surface area (Å²) in [6, 6.07) is 0. The summed E-state index contributed by atoms with van der Waals surface area (Å²) in [4.78, 5) is 24.7. The molecule has 43 heavy (non-hydrogen) atoms. The van der Waals surface area contributed by atoms with Crippen LogP contribution in [0.2, 0.25) is 0 Å². The van der Waals surface area contributed by atoms with Crippen LogP contribution in [-0.2, 0) is 36.7 Å². The van der Waals surface area contributed by atoms with Gasteiger partial charge in [0.15, 0.2) is 35.3 Å². The van der Waals surface area contributed by atoms with E-state index in [-0.39, 0.29) is 29.4 Å². The molecule has 4 aromatic rings. The Labute approximate surface area is 247 Å². The van der Waals surface area contributed by atoms with E-state index in [1.54, 1.807) is 11.5 Å². The van der Waals surface area contributed by atoms with E-state index in [1.807, 2.05) is 0 Å². The Bertz CT molecular complexity index is 1770. The maximum atomic E-state index is 15.8. The van der Waals surface area contributed by atoms with Crippen LogP contribution >= 0.6 is 27.3 Å². The second-order valence-electron chi connectivity index (χ2n) is 10.1. The Kier molecular flexibility index (Phi) is 7.39. The van der Waals surface area contributed by atoms with Gasteiger partial charge in [-0.1, -0.05) is 19.2 Å². The first kappa shape index (κ1) is 28.9. The van der Waals surface area contributed by atoms with E-state index < -0.39 is 70.6 Å². The molecule has 230 valence electrons. The number of aromatic nitrogens is 8. The highest BCUT2D eigenvalue weighted by Crippen LogP contribution is 2.58. The molecule has 0 amide bonds. The number of nitrogens with zero attached hydrogens (tertiary/aromatic N) is 8. The molecule has 4 N–H and O–H groups in total. The third-order valence-corrected chi connectivity index (χ3v) is 9.97. The van der Waals surface area contributed by atoms with E-state index in [4.69, 9.17) is 39.0 Å². The first-order valence-electron chi connectivity index (χ1n) is 12.9. The number of imidazole rings is 2. The van der Waals surface area contributed by atoms with Crippen LogP contribution in [0.15, 0.2) is 25.3 Å². The molecule has 7 heterocycles. The number of thiol groups is 1. The fraction of sp³-hybridized carbons (Fsp3) is 0.524. The van der Waals surface area contributed by atoms with Gasteiger partial charge in [-0.25, -0.2) is 38.9 Å². The van der Waals surface area contributed by atoms with Gasteiger partial charge in [-0.2, -0.15) is 0 Å². The van der Waals surface area contributed by atoms with E-state index in [1.165, 1.54) is 29.9 Å². The van der Waals surface area contributed by atoms with Crippen molar-refractivity contribution in [3.8, 4) is 0 Å². The molecule has 3 saturated heterocycles. The lowest BCUT2D eigenvalue weighted by atomic mass is 10.0. The topological polar surface area (TPSA) is 229 Å². The molecule has 7 rings (SSSR count). The highest BCUT2D eigenvalue weighted by Gasteiger charge is 2.52. The number of halogens is 1. The molecule has 3 aliphatic heterocycles. The summed E-state index contributed by atoms with van der Waals surface area (Å²) >= 11 is 4.11. The van der Waals surface area contributed by atoms with Crippen molar-refractivity contribution in [3.63, 3.8) is 0 Å². The summed E-state index contributed by atoms with van der Waals surface area (Å²) in [7, 11) is -3.23. The SMILES string of the molecule is C[C@@H]1[C@@H]2O[PH](=O)OC[C@H]3O[C@@H](n4cnc5c(N)ncnc54)[C@H](O[P@](=O)(S)OC[C@H]2O[C@H]1n1cnc2c(N)ncnc21)[C@@H]3F. The van der Waals surface area contributed by atoms with Gasteiger partial charge in [0, 0.05) is 5.92 Å². The molecule has 0 aromatic carbocycles. The summed E-state index contributed by atoms with van der Waals surface area (Å²) < 4.78 is 79.8. The van der Waals surface area contributed by atoms with Gasteiger partial charge in [-0.15, -0.1) is 0 Å². The molecule has 3 fully saturated rings. The second-order valence-corrected chi connectivity index (χ2v) is 14.0. The predicted molar refractivity (Wildman–Crippen MR) is 149 cm³/mol. The number of hydrogen-bond donors (Lipinski definition) is 3. The number of anilines is 2.